The number of rotatable bonds is 8. The van der Waals surface area contributed by atoms with Gasteiger partial charge in [0.15, 0.2) is 5.82 Å². The van der Waals surface area contributed by atoms with Crippen LogP contribution in [0.4, 0.5) is 0 Å². The van der Waals surface area contributed by atoms with Gasteiger partial charge in [-0.1, -0.05) is 18.0 Å². The van der Waals surface area contributed by atoms with Gasteiger partial charge in [-0.25, -0.2) is 14.4 Å². The second kappa shape index (κ2) is 14.1. The molecule has 0 radical (unpaired) electrons. The van der Waals surface area contributed by atoms with Crippen molar-refractivity contribution >= 4 is 29.2 Å². The van der Waals surface area contributed by atoms with Gasteiger partial charge >= 0.3 is 17.9 Å². The minimum absolute atomic E-state index is 0.189. The Labute approximate surface area is 217 Å². The van der Waals surface area contributed by atoms with E-state index in [1.807, 2.05) is 6.07 Å². The number of aliphatic carboxylic acids is 2. The molecule has 0 atom stereocenters. The fraction of sp³-hybridized carbons (Fsp3) is 0.400. The van der Waals surface area contributed by atoms with Gasteiger partial charge in [-0.3, -0.25) is 4.90 Å². The van der Waals surface area contributed by atoms with Crippen molar-refractivity contribution in [2.75, 3.05) is 26.8 Å². The van der Waals surface area contributed by atoms with E-state index in [2.05, 4.69) is 21.1 Å². The number of aromatic nitrogens is 2. The Hall–Kier alpha value is -3.77. The number of methoxy groups -OCH3 is 1. The number of nitrogens with zero attached hydrogens (tertiary/aromatic N) is 3. The standard InChI is InChI=1S/C23H27N3O4S.C2H2O4/c1-28-18-8-6-17(7-9-18)23(27)29-15-12-21-24-22(30-25-21)20-11-10-19(31-20)16-26-13-4-2-3-5-14-26;3-1(4)2(5)6/h6-11H,2-5,12-16H2,1H3;(H,3,4)(H,5,6). The molecule has 0 aliphatic carbocycles. The molecule has 0 unspecified atom stereocenters. The maximum atomic E-state index is 12.1. The van der Waals surface area contributed by atoms with Crippen molar-refractivity contribution in [1.82, 2.24) is 15.0 Å². The number of esters is 1. The van der Waals surface area contributed by atoms with Crippen LogP contribution in [0.5, 0.6) is 5.75 Å². The Morgan fingerprint density at radius 1 is 1.00 bits per heavy atom. The average Bonchev–Trinajstić information content (AvgIpc) is 3.48. The number of carboxylic acids is 2. The number of benzene rings is 1. The summed E-state index contributed by atoms with van der Waals surface area (Å²) in [6, 6.07) is 11.0. The number of thiophene rings is 1. The quantitative estimate of drug-likeness (QED) is 0.323. The Kier molecular flexibility index (Phi) is 10.6. The van der Waals surface area contributed by atoms with Crippen molar-refractivity contribution in [2.45, 2.75) is 38.6 Å². The lowest BCUT2D eigenvalue weighted by Gasteiger charge is -2.18. The summed E-state index contributed by atoms with van der Waals surface area (Å²) in [7, 11) is 1.58. The minimum Gasteiger partial charge on any atom is -0.497 e. The smallest absolute Gasteiger partial charge is 0.414 e. The summed E-state index contributed by atoms with van der Waals surface area (Å²) < 4.78 is 15.8. The topological polar surface area (TPSA) is 152 Å². The summed E-state index contributed by atoms with van der Waals surface area (Å²) >= 11 is 1.70. The Morgan fingerprint density at radius 2 is 1.68 bits per heavy atom. The molecule has 0 bridgehead atoms. The highest BCUT2D eigenvalue weighted by Crippen LogP contribution is 2.28. The van der Waals surface area contributed by atoms with Crippen molar-refractivity contribution in [3.05, 3.63) is 52.7 Å². The van der Waals surface area contributed by atoms with E-state index < -0.39 is 11.9 Å². The first-order chi connectivity index (χ1) is 17.9. The predicted molar refractivity (Wildman–Crippen MR) is 134 cm³/mol. The van der Waals surface area contributed by atoms with Gasteiger partial charge in [-0.15, -0.1) is 11.3 Å². The molecule has 0 amide bonds. The van der Waals surface area contributed by atoms with E-state index in [9.17, 15) is 4.79 Å². The van der Waals surface area contributed by atoms with E-state index >= 15 is 0 Å². The van der Waals surface area contributed by atoms with Gasteiger partial charge in [0.2, 0.25) is 0 Å². The van der Waals surface area contributed by atoms with Crippen molar-refractivity contribution < 1.29 is 38.6 Å². The molecular formula is C25H29N3O8S. The molecule has 2 N–H and O–H groups in total. The van der Waals surface area contributed by atoms with Crippen LogP contribution >= 0.6 is 11.3 Å². The van der Waals surface area contributed by atoms with Crippen LogP contribution in [0, 0.1) is 0 Å². The molecule has 3 heterocycles. The molecule has 0 spiro atoms. The second-order valence-electron chi connectivity index (χ2n) is 8.20. The van der Waals surface area contributed by atoms with Crippen LogP contribution in [0.2, 0.25) is 0 Å². The van der Waals surface area contributed by atoms with E-state index in [0.717, 1.165) is 11.4 Å². The van der Waals surface area contributed by atoms with Gasteiger partial charge in [-0.2, -0.15) is 4.98 Å². The zero-order valence-corrected chi connectivity index (χ0v) is 21.2. The number of hydrogen-bond donors (Lipinski definition) is 2. The van der Waals surface area contributed by atoms with Crippen LogP contribution in [0.1, 0.15) is 46.7 Å². The maximum Gasteiger partial charge on any atom is 0.414 e. The zero-order chi connectivity index (χ0) is 26.6. The van der Waals surface area contributed by atoms with Crippen LogP contribution in [0.3, 0.4) is 0 Å². The minimum atomic E-state index is -1.82. The molecule has 12 heteroatoms. The van der Waals surface area contributed by atoms with Crippen LogP contribution in [0.15, 0.2) is 40.9 Å². The lowest BCUT2D eigenvalue weighted by atomic mass is 10.2. The number of likely N-dealkylation sites (tertiary alicyclic amines) is 1. The number of ether oxygens (including phenoxy) is 2. The summed E-state index contributed by atoms with van der Waals surface area (Å²) in [6.45, 7) is 3.52. The van der Waals surface area contributed by atoms with Crippen LogP contribution in [-0.2, 0) is 27.3 Å². The molecule has 1 aliphatic heterocycles. The molecular weight excluding hydrogens is 502 g/mol. The Bertz CT molecular complexity index is 1150. The zero-order valence-electron chi connectivity index (χ0n) is 20.4. The van der Waals surface area contributed by atoms with Crippen molar-refractivity contribution in [2.24, 2.45) is 0 Å². The maximum absolute atomic E-state index is 12.1. The summed E-state index contributed by atoms with van der Waals surface area (Å²) in [5, 5.41) is 18.8. The lowest BCUT2D eigenvalue weighted by Crippen LogP contribution is -2.23. The van der Waals surface area contributed by atoms with E-state index in [0.29, 0.717) is 29.4 Å². The SMILES string of the molecule is COc1ccc(C(=O)OCCc2noc(-c3ccc(CN4CCCCCC4)s3)n2)cc1.O=C(O)C(=O)O. The lowest BCUT2D eigenvalue weighted by molar-refractivity contribution is -0.159. The highest BCUT2D eigenvalue weighted by atomic mass is 32.1. The average molecular weight is 532 g/mol. The second-order valence-corrected chi connectivity index (χ2v) is 9.37. The van der Waals surface area contributed by atoms with E-state index in [4.69, 9.17) is 33.8 Å². The number of carbonyl (C=O) groups excluding carboxylic acids is 1. The molecule has 3 aromatic rings. The molecule has 37 heavy (non-hydrogen) atoms. The first-order valence-electron chi connectivity index (χ1n) is 11.8. The first kappa shape index (κ1) is 27.8. The fourth-order valence-corrected chi connectivity index (χ4v) is 4.57. The van der Waals surface area contributed by atoms with Gasteiger partial charge in [0.1, 0.15) is 5.75 Å². The van der Waals surface area contributed by atoms with Gasteiger partial charge in [0.05, 0.1) is 24.2 Å². The Morgan fingerprint density at radius 3 is 2.30 bits per heavy atom. The van der Waals surface area contributed by atoms with E-state index in [1.165, 1.54) is 43.6 Å². The van der Waals surface area contributed by atoms with Crippen LogP contribution in [0.25, 0.3) is 10.8 Å². The highest BCUT2D eigenvalue weighted by molar-refractivity contribution is 7.15. The Balaban J connectivity index is 0.000000568. The van der Waals surface area contributed by atoms with Gasteiger partial charge in [0.25, 0.3) is 5.89 Å². The third-order valence-electron chi connectivity index (χ3n) is 5.49. The molecule has 1 fully saturated rings. The highest BCUT2D eigenvalue weighted by Gasteiger charge is 2.15. The van der Waals surface area contributed by atoms with Gasteiger partial charge in [-0.05, 0) is 62.3 Å². The van der Waals surface area contributed by atoms with Crippen molar-refractivity contribution in [3.8, 4) is 16.5 Å². The number of hydrogen-bond acceptors (Lipinski definition) is 10. The molecule has 1 saturated heterocycles. The largest absolute Gasteiger partial charge is 0.497 e. The molecule has 1 aliphatic rings. The molecule has 4 rings (SSSR count). The number of carbonyl (C=O) groups is 3. The van der Waals surface area contributed by atoms with Crippen molar-refractivity contribution in [1.29, 1.82) is 0 Å². The molecule has 1 aromatic carbocycles. The van der Waals surface area contributed by atoms with Crippen molar-refractivity contribution in [3.63, 3.8) is 0 Å². The molecule has 0 saturated carbocycles. The summed E-state index contributed by atoms with van der Waals surface area (Å²) in [5.74, 6) is -2.30. The van der Waals surface area contributed by atoms with Crippen LogP contribution in [-0.4, -0.2) is 70.0 Å². The molecule has 2 aromatic heterocycles. The molecule has 198 valence electrons. The fourth-order valence-electron chi connectivity index (χ4n) is 3.59. The van der Waals surface area contributed by atoms with Gasteiger partial charge < -0.3 is 24.2 Å². The van der Waals surface area contributed by atoms with Gasteiger partial charge in [0, 0.05) is 17.8 Å². The van der Waals surface area contributed by atoms with E-state index in [-0.39, 0.29) is 12.6 Å². The number of carboxylic acid groups (broad SMARTS) is 2. The van der Waals surface area contributed by atoms with E-state index in [1.54, 1.807) is 42.7 Å². The molecule has 11 nitrogen and oxygen atoms in total. The summed E-state index contributed by atoms with van der Waals surface area (Å²) in [6.07, 6.45) is 5.65. The summed E-state index contributed by atoms with van der Waals surface area (Å²) in [4.78, 5) is 39.6. The first-order valence-corrected chi connectivity index (χ1v) is 12.6. The van der Waals surface area contributed by atoms with Crippen LogP contribution < -0.4 is 4.74 Å². The normalized spacial score (nSPS) is 13.6. The predicted octanol–water partition coefficient (Wildman–Crippen LogP) is 3.74. The monoisotopic (exact) mass is 531 g/mol. The third-order valence-corrected chi connectivity index (χ3v) is 6.54. The summed E-state index contributed by atoms with van der Waals surface area (Å²) in [5.41, 5.74) is 0.477. The third kappa shape index (κ3) is 8.99.